The first kappa shape index (κ1) is 15.3. The number of rotatable bonds is 3. The zero-order valence-corrected chi connectivity index (χ0v) is 13.2. The van der Waals surface area contributed by atoms with Crippen LogP contribution in [0, 0.1) is 13.8 Å². The van der Waals surface area contributed by atoms with Gasteiger partial charge in [-0.2, -0.15) is 0 Å². The highest BCUT2D eigenvalue weighted by Crippen LogP contribution is 2.19. The maximum Gasteiger partial charge on any atom is 0.344 e. The molecule has 0 atom stereocenters. The van der Waals surface area contributed by atoms with Crippen molar-refractivity contribution in [1.29, 1.82) is 0 Å². The van der Waals surface area contributed by atoms with Gasteiger partial charge in [-0.3, -0.25) is 4.79 Å². The van der Waals surface area contributed by atoms with Gasteiger partial charge in [0.25, 0.3) is 5.91 Å². The van der Waals surface area contributed by atoms with Crippen LogP contribution in [0.1, 0.15) is 32.9 Å². The molecule has 0 saturated carbocycles. The summed E-state index contributed by atoms with van der Waals surface area (Å²) < 4.78 is 10.1. The van der Waals surface area contributed by atoms with Crippen LogP contribution in [0.3, 0.4) is 0 Å². The van der Waals surface area contributed by atoms with Crippen LogP contribution < -0.4 is 0 Å². The van der Waals surface area contributed by atoms with Crippen molar-refractivity contribution in [3.63, 3.8) is 0 Å². The molecule has 1 amide bonds. The predicted molar refractivity (Wildman–Crippen MR) is 81.8 cm³/mol. The summed E-state index contributed by atoms with van der Waals surface area (Å²) in [6, 6.07) is 8.06. The van der Waals surface area contributed by atoms with E-state index in [2.05, 4.69) is 11.2 Å². The molecule has 2 heterocycles. The van der Waals surface area contributed by atoms with Gasteiger partial charge in [-0.05, 0) is 31.4 Å². The van der Waals surface area contributed by atoms with E-state index in [-0.39, 0.29) is 12.5 Å². The monoisotopic (exact) mass is 314 g/mol. The first-order chi connectivity index (χ1) is 11.1. The summed E-state index contributed by atoms with van der Waals surface area (Å²) in [5.74, 6) is -0.376. The first-order valence-electron chi connectivity index (χ1n) is 7.51. The van der Waals surface area contributed by atoms with E-state index in [1.807, 2.05) is 18.2 Å². The maximum absolute atomic E-state index is 12.3. The number of aryl methyl sites for hydroxylation is 2. The van der Waals surface area contributed by atoms with Gasteiger partial charge in [0, 0.05) is 13.1 Å². The number of carbonyl (C=O) groups is 2. The highest BCUT2D eigenvalue weighted by Gasteiger charge is 2.23. The fourth-order valence-electron chi connectivity index (χ4n) is 2.77. The van der Waals surface area contributed by atoms with Gasteiger partial charge in [0.15, 0.2) is 6.61 Å². The molecule has 1 aliphatic rings. The minimum atomic E-state index is -0.577. The fraction of sp³-hybridized carbons (Fsp3) is 0.353. The van der Waals surface area contributed by atoms with Gasteiger partial charge in [0.1, 0.15) is 11.3 Å². The van der Waals surface area contributed by atoms with Crippen LogP contribution in [-0.4, -0.2) is 35.1 Å². The Hall–Kier alpha value is -2.63. The molecular formula is C17H18N2O4. The van der Waals surface area contributed by atoms with Gasteiger partial charge >= 0.3 is 5.97 Å². The molecule has 6 nitrogen and oxygen atoms in total. The number of fused-ring (bicyclic) bond motifs is 1. The highest BCUT2D eigenvalue weighted by molar-refractivity contribution is 5.93. The Balaban J connectivity index is 1.59. The van der Waals surface area contributed by atoms with Crippen molar-refractivity contribution in [2.24, 2.45) is 0 Å². The van der Waals surface area contributed by atoms with Crippen LogP contribution in [0.5, 0.6) is 0 Å². The van der Waals surface area contributed by atoms with Gasteiger partial charge < -0.3 is 14.2 Å². The molecule has 0 fully saturated rings. The second-order valence-electron chi connectivity index (χ2n) is 5.61. The zero-order chi connectivity index (χ0) is 16.4. The lowest BCUT2D eigenvalue weighted by Gasteiger charge is -2.28. The lowest BCUT2D eigenvalue weighted by Crippen LogP contribution is -2.38. The quantitative estimate of drug-likeness (QED) is 0.811. The van der Waals surface area contributed by atoms with Gasteiger partial charge in [0.2, 0.25) is 0 Å². The normalized spacial score (nSPS) is 13.6. The molecule has 23 heavy (non-hydrogen) atoms. The van der Waals surface area contributed by atoms with Crippen molar-refractivity contribution in [3.8, 4) is 0 Å². The second kappa shape index (κ2) is 6.24. The molecule has 0 spiro atoms. The van der Waals surface area contributed by atoms with E-state index in [4.69, 9.17) is 9.26 Å². The first-order valence-corrected chi connectivity index (χ1v) is 7.51. The largest absolute Gasteiger partial charge is 0.452 e. The van der Waals surface area contributed by atoms with Gasteiger partial charge in [-0.15, -0.1) is 0 Å². The maximum atomic E-state index is 12.3. The summed E-state index contributed by atoms with van der Waals surface area (Å²) in [7, 11) is 0. The number of benzene rings is 1. The van der Waals surface area contributed by atoms with E-state index >= 15 is 0 Å². The number of hydrogen-bond donors (Lipinski definition) is 0. The summed E-state index contributed by atoms with van der Waals surface area (Å²) >= 11 is 0. The third-order valence-corrected chi connectivity index (χ3v) is 4.05. The molecular weight excluding hydrogens is 296 g/mol. The Morgan fingerprint density at radius 1 is 1.26 bits per heavy atom. The van der Waals surface area contributed by atoms with Crippen molar-refractivity contribution in [3.05, 3.63) is 52.4 Å². The molecule has 1 aromatic heterocycles. The van der Waals surface area contributed by atoms with Crippen LogP contribution in [0.2, 0.25) is 0 Å². The average Bonchev–Trinajstić information content (AvgIpc) is 2.90. The molecule has 1 aromatic carbocycles. The van der Waals surface area contributed by atoms with Crippen LogP contribution in [0.4, 0.5) is 0 Å². The molecule has 0 aliphatic carbocycles. The van der Waals surface area contributed by atoms with Crippen molar-refractivity contribution in [1.82, 2.24) is 10.1 Å². The summed E-state index contributed by atoms with van der Waals surface area (Å²) in [6.07, 6.45) is 0.819. The zero-order valence-electron chi connectivity index (χ0n) is 13.2. The van der Waals surface area contributed by atoms with E-state index in [1.165, 1.54) is 5.56 Å². The number of aromatic nitrogens is 1. The van der Waals surface area contributed by atoms with Crippen molar-refractivity contribution in [2.75, 3.05) is 13.2 Å². The number of carbonyl (C=O) groups excluding carboxylic acids is 2. The minimum absolute atomic E-state index is 0.195. The smallest absolute Gasteiger partial charge is 0.344 e. The molecule has 0 bridgehead atoms. The number of esters is 1. The molecule has 1 aliphatic heterocycles. The number of nitrogens with zero attached hydrogens (tertiary/aromatic N) is 2. The molecule has 0 N–H and O–H groups in total. The summed E-state index contributed by atoms with van der Waals surface area (Å²) in [6.45, 7) is 4.22. The molecule has 2 aromatic rings. The lowest BCUT2D eigenvalue weighted by molar-refractivity contribution is -0.135. The molecule has 0 saturated heterocycles. The van der Waals surface area contributed by atoms with Gasteiger partial charge in [-0.25, -0.2) is 4.79 Å². The molecule has 6 heteroatoms. The SMILES string of the molecule is Cc1noc(C)c1C(=O)OCC(=O)N1CCc2ccccc2C1. The van der Waals surface area contributed by atoms with Crippen LogP contribution in [0.15, 0.2) is 28.8 Å². The standard InChI is InChI=1S/C17H18N2O4/c1-11-16(12(2)23-18-11)17(21)22-10-15(20)19-8-7-13-5-3-4-6-14(13)9-19/h3-6H,7-10H2,1-2H3. The molecule has 0 unspecified atom stereocenters. The van der Waals surface area contributed by atoms with Crippen LogP contribution in [0.25, 0.3) is 0 Å². The van der Waals surface area contributed by atoms with Gasteiger partial charge in [-0.1, -0.05) is 29.4 Å². The Kier molecular flexibility index (Phi) is 4.14. The average molecular weight is 314 g/mol. The van der Waals surface area contributed by atoms with Crippen molar-refractivity contribution < 1.29 is 18.8 Å². The van der Waals surface area contributed by atoms with E-state index in [9.17, 15) is 9.59 Å². The Morgan fingerprint density at radius 3 is 2.70 bits per heavy atom. The van der Waals surface area contributed by atoms with Gasteiger partial charge in [0.05, 0.1) is 5.69 Å². The van der Waals surface area contributed by atoms with E-state index in [0.717, 1.165) is 12.0 Å². The Bertz CT molecular complexity index is 731. The number of hydrogen-bond acceptors (Lipinski definition) is 5. The molecule has 0 radical (unpaired) electrons. The molecule has 120 valence electrons. The fourth-order valence-corrected chi connectivity index (χ4v) is 2.77. The van der Waals surface area contributed by atoms with E-state index < -0.39 is 5.97 Å². The summed E-state index contributed by atoms with van der Waals surface area (Å²) in [5.41, 5.74) is 3.17. The minimum Gasteiger partial charge on any atom is -0.452 e. The molecule has 3 rings (SSSR count). The van der Waals surface area contributed by atoms with Crippen molar-refractivity contribution in [2.45, 2.75) is 26.8 Å². The number of amides is 1. The Labute approximate surface area is 134 Å². The third kappa shape index (κ3) is 3.11. The highest BCUT2D eigenvalue weighted by atomic mass is 16.5. The Morgan fingerprint density at radius 2 is 2.00 bits per heavy atom. The van der Waals surface area contributed by atoms with E-state index in [0.29, 0.717) is 30.1 Å². The lowest BCUT2D eigenvalue weighted by atomic mass is 10.00. The van der Waals surface area contributed by atoms with Crippen molar-refractivity contribution >= 4 is 11.9 Å². The summed E-state index contributed by atoms with van der Waals surface area (Å²) in [4.78, 5) is 26.0. The van der Waals surface area contributed by atoms with Crippen LogP contribution >= 0.6 is 0 Å². The number of ether oxygens (including phenoxy) is 1. The summed E-state index contributed by atoms with van der Waals surface area (Å²) in [5, 5.41) is 3.71. The third-order valence-electron chi connectivity index (χ3n) is 4.05. The second-order valence-corrected chi connectivity index (χ2v) is 5.61. The topological polar surface area (TPSA) is 72.6 Å². The van der Waals surface area contributed by atoms with Crippen LogP contribution in [-0.2, 0) is 22.5 Å². The van der Waals surface area contributed by atoms with E-state index in [1.54, 1.807) is 18.7 Å². The predicted octanol–water partition coefficient (Wildman–Crippen LogP) is 2.03.